The first-order valence-electron chi connectivity index (χ1n) is 7.87. The highest BCUT2D eigenvalue weighted by molar-refractivity contribution is 6.33. The summed E-state index contributed by atoms with van der Waals surface area (Å²) in [6.45, 7) is -0.188. The average molecular weight is 370 g/mol. The van der Waals surface area contributed by atoms with Crippen molar-refractivity contribution in [1.82, 2.24) is 0 Å². The number of esters is 1. The Morgan fingerprint density at radius 1 is 1.04 bits per heavy atom. The van der Waals surface area contributed by atoms with E-state index in [1.54, 1.807) is 6.07 Å². The van der Waals surface area contributed by atoms with Gasteiger partial charge in [-0.2, -0.15) is 0 Å². The van der Waals surface area contributed by atoms with Gasteiger partial charge in [-0.3, -0.25) is 4.79 Å². The van der Waals surface area contributed by atoms with Gasteiger partial charge in [0.05, 0.1) is 23.4 Å². The molecule has 3 aromatic carbocycles. The van der Waals surface area contributed by atoms with Gasteiger partial charge < -0.3 is 14.8 Å². The lowest BCUT2D eigenvalue weighted by atomic mass is 10.1. The SMILES string of the molecule is COC(=O)c1ccc(Cl)c(NC(=O)COc2cccc3ccccc23)c1. The number of carbonyl (C=O) groups excluding carboxylic acids is 2. The summed E-state index contributed by atoms with van der Waals surface area (Å²) in [6, 6.07) is 17.9. The van der Waals surface area contributed by atoms with E-state index in [1.165, 1.54) is 25.3 Å². The summed E-state index contributed by atoms with van der Waals surface area (Å²) >= 11 is 6.08. The fraction of sp³-hybridized carbons (Fsp3) is 0.100. The third-order valence-corrected chi connectivity index (χ3v) is 4.10. The van der Waals surface area contributed by atoms with Gasteiger partial charge in [0.2, 0.25) is 0 Å². The Morgan fingerprint density at radius 3 is 2.62 bits per heavy atom. The number of fused-ring (bicyclic) bond motifs is 1. The maximum atomic E-state index is 12.2. The molecule has 6 heteroatoms. The number of hydrogen-bond donors (Lipinski definition) is 1. The summed E-state index contributed by atoms with van der Waals surface area (Å²) in [5, 5.41) is 4.91. The third kappa shape index (κ3) is 3.95. The molecule has 0 saturated carbocycles. The lowest BCUT2D eigenvalue weighted by molar-refractivity contribution is -0.118. The van der Waals surface area contributed by atoms with Gasteiger partial charge in [-0.1, -0.05) is 48.0 Å². The smallest absolute Gasteiger partial charge is 0.337 e. The lowest BCUT2D eigenvalue weighted by Crippen LogP contribution is -2.20. The second kappa shape index (κ2) is 7.89. The van der Waals surface area contributed by atoms with Crippen LogP contribution in [0.3, 0.4) is 0 Å². The first-order chi connectivity index (χ1) is 12.6. The number of anilines is 1. The standard InChI is InChI=1S/C20H16ClNO4/c1-25-20(24)14-9-10-16(21)17(11-14)22-19(23)12-26-18-8-4-6-13-5-2-3-7-15(13)18/h2-11H,12H2,1H3,(H,22,23). The van der Waals surface area contributed by atoms with Crippen LogP contribution in [0.15, 0.2) is 60.7 Å². The minimum absolute atomic E-state index is 0.188. The monoisotopic (exact) mass is 369 g/mol. The van der Waals surface area contributed by atoms with Crippen molar-refractivity contribution in [1.29, 1.82) is 0 Å². The van der Waals surface area contributed by atoms with Crippen LogP contribution in [0.2, 0.25) is 5.02 Å². The summed E-state index contributed by atoms with van der Waals surface area (Å²) in [4.78, 5) is 23.8. The summed E-state index contributed by atoms with van der Waals surface area (Å²) in [5.74, 6) is -0.279. The van der Waals surface area contributed by atoms with Crippen LogP contribution in [0.25, 0.3) is 10.8 Å². The van der Waals surface area contributed by atoms with E-state index in [4.69, 9.17) is 16.3 Å². The summed E-state index contributed by atoms with van der Waals surface area (Å²) in [6.07, 6.45) is 0. The van der Waals surface area contributed by atoms with Gasteiger partial charge in [0.25, 0.3) is 5.91 Å². The third-order valence-electron chi connectivity index (χ3n) is 3.77. The Bertz CT molecular complexity index is 966. The molecule has 0 aromatic heterocycles. The lowest BCUT2D eigenvalue weighted by Gasteiger charge is -2.11. The highest BCUT2D eigenvalue weighted by Gasteiger charge is 2.12. The molecule has 0 radical (unpaired) electrons. The van der Waals surface area contributed by atoms with E-state index < -0.39 is 5.97 Å². The van der Waals surface area contributed by atoms with E-state index in [1.807, 2.05) is 36.4 Å². The van der Waals surface area contributed by atoms with Crippen LogP contribution in [0.5, 0.6) is 5.75 Å². The van der Waals surface area contributed by atoms with Gasteiger partial charge in [0, 0.05) is 5.39 Å². The van der Waals surface area contributed by atoms with Crippen molar-refractivity contribution in [2.75, 3.05) is 19.0 Å². The fourth-order valence-electron chi connectivity index (χ4n) is 2.52. The van der Waals surface area contributed by atoms with Crippen molar-refractivity contribution in [2.45, 2.75) is 0 Å². The Morgan fingerprint density at radius 2 is 1.81 bits per heavy atom. The first-order valence-corrected chi connectivity index (χ1v) is 8.24. The molecule has 0 fully saturated rings. The molecule has 0 bridgehead atoms. The molecule has 0 spiro atoms. The molecule has 3 aromatic rings. The van der Waals surface area contributed by atoms with Crippen molar-refractivity contribution in [3.63, 3.8) is 0 Å². The van der Waals surface area contributed by atoms with Crippen LogP contribution in [0.4, 0.5) is 5.69 Å². The molecule has 132 valence electrons. The molecule has 0 unspecified atom stereocenters. The summed E-state index contributed by atoms with van der Waals surface area (Å²) < 4.78 is 10.3. The maximum absolute atomic E-state index is 12.2. The number of nitrogens with one attached hydrogen (secondary N) is 1. The molecule has 0 aliphatic carbocycles. The van der Waals surface area contributed by atoms with Gasteiger partial charge >= 0.3 is 5.97 Å². The molecule has 0 aliphatic heterocycles. The number of methoxy groups -OCH3 is 1. The molecule has 1 N–H and O–H groups in total. The zero-order chi connectivity index (χ0) is 18.5. The molecular formula is C20H16ClNO4. The molecule has 1 amide bonds. The second-order valence-corrected chi connectivity index (χ2v) is 5.91. The highest BCUT2D eigenvalue weighted by Crippen LogP contribution is 2.26. The summed E-state index contributed by atoms with van der Waals surface area (Å²) in [5.41, 5.74) is 0.614. The van der Waals surface area contributed by atoms with Crippen molar-refractivity contribution in [2.24, 2.45) is 0 Å². The van der Waals surface area contributed by atoms with E-state index >= 15 is 0 Å². The van der Waals surface area contributed by atoms with Gasteiger partial charge in [0.15, 0.2) is 6.61 Å². The molecule has 26 heavy (non-hydrogen) atoms. The predicted molar refractivity (Wildman–Crippen MR) is 101 cm³/mol. The molecule has 5 nitrogen and oxygen atoms in total. The van der Waals surface area contributed by atoms with E-state index in [2.05, 4.69) is 10.1 Å². The number of benzene rings is 3. The fourth-order valence-corrected chi connectivity index (χ4v) is 2.68. The van der Waals surface area contributed by atoms with Crippen molar-refractivity contribution < 1.29 is 19.1 Å². The van der Waals surface area contributed by atoms with E-state index in [9.17, 15) is 9.59 Å². The number of ether oxygens (including phenoxy) is 2. The molecule has 3 rings (SSSR count). The minimum atomic E-state index is -0.510. The van der Waals surface area contributed by atoms with Gasteiger partial charge in [-0.05, 0) is 29.7 Å². The van der Waals surface area contributed by atoms with E-state index in [-0.39, 0.29) is 12.5 Å². The van der Waals surface area contributed by atoms with Crippen molar-refractivity contribution in [3.05, 3.63) is 71.2 Å². The largest absolute Gasteiger partial charge is 0.483 e. The Kier molecular flexibility index (Phi) is 5.39. The number of hydrogen-bond acceptors (Lipinski definition) is 4. The van der Waals surface area contributed by atoms with Crippen LogP contribution in [-0.4, -0.2) is 25.6 Å². The summed E-state index contributed by atoms with van der Waals surface area (Å²) in [7, 11) is 1.28. The van der Waals surface area contributed by atoms with E-state index in [0.29, 0.717) is 22.0 Å². The van der Waals surface area contributed by atoms with Crippen molar-refractivity contribution in [3.8, 4) is 5.75 Å². The van der Waals surface area contributed by atoms with Gasteiger partial charge in [-0.15, -0.1) is 0 Å². The predicted octanol–water partition coefficient (Wildman–Crippen LogP) is 4.30. The zero-order valence-corrected chi connectivity index (χ0v) is 14.7. The molecule has 0 aliphatic rings. The van der Waals surface area contributed by atoms with Crippen LogP contribution >= 0.6 is 11.6 Å². The molecule has 0 atom stereocenters. The Hall–Kier alpha value is -3.05. The number of rotatable bonds is 5. The maximum Gasteiger partial charge on any atom is 0.337 e. The number of halogens is 1. The quantitative estimate of drug-likeness (QED) is 0.681. The number of amides is 1. The first kappa shape index (κ1) is 17.8. The van der Waals surface area contributed by atoms with Crippen LogP contribution in [0, 0.1) is 0 Å². The molecular weight excluding hydrogens is 354 g/mol. The number of carbonyl (C=O) groups is 2. The normalized spacial score (nSPS) is 10.4. The Balaban J connectivity index is 1.70. The van der Waals surface area contributed by atoms with Crippen LogP contribution in [-0.2, 0) is 9.53 Å². The molecule has 0 heterocycles. The van der Waals surface area contributed by atoms with Gasteiger partial charge in [-0.25, -0.2) is 4.79 Å². The van der Waals surface area contributed by atoms with Crippen LogP contribution in [0.1, 0.15) is 10.4 Å². The topological polar surface area (TPSA) is 64.6 Å². The highest BCUT2D eigenvalue weighted by atomic mass is 35.5. The average Bonchev–Trinajstić information content (AvgIpc) is 2.67. The second-order valence-electron chi connectivity index (χ2n) is 5.50. The van der Waals surface area contributed by atoms with Gasteiger partial charge in [0.1, 0.15) is 5.75 Å². The molecule has 0 saturated heterocycles. The van der Waals surface area contributed by atoms with Crippen molar-refractivity contribution >= 4 is 39.9 Å². The van der Waals surface area contributed by atoms with E-state index in [0.717, 1.165) is 10.8 Å². The zero-order valence-electron chi connectivity index (χ0n) is 14.0. The minimum Gasteiger partial charge on any atom is -0.483 e. The Labute approximate surface area is 155 Å². The van der Waals surface area contributed by atoms with Crippen LogP contribution < -0.4 is 10.1 Å².